The van der Waals surface area contributed by atoms with E-state index in [1.165, 1.54) is 23.5 Å². The van der Waals surface area contributed by atoms with Gasteiger partial charge in [0.2, 0.25) is 10.0 Å². The number of anilines is 1. The van der Waals surface area contributed by atoms with Crippen molar-refractivity contribution in [3.63, 3.8) is 0 Å². The van der Waals surface area contributed by atoms with E-state index >= 15 is 0 Å². The highest BCUT2D eigenvalue weighted by Crippen LogP contribution is 2.47. The topological polar surface area (TPSA) is 88.9 Å². The molecule has 1 fully saturated rings. The summed E-state index contributed by atoms with van der Waals surface area (Å²) in [6.45, 7) is 2.24. The summed E-state index contributed by atoms with van der Waals surface area (Å²) in [6, 6.07) is 8.19. The quantitative estimate of drug-likeness (QED) is 0.866. The molecule has 2 unspecified atom stereocenters. The third kappa shape index (κ3) is 3.10. The Hall–Kier alpha value is -2.32. The standard InChI is InChI=1S/C18H20N2O5S/c1-11-7-14(11)16-5-3-12(25-16)9-20(2)26(22,23)13-4-6-17-15(8-13)19-18(21)10-24-17/h3-6,8,11,14H,7,9-10H2,1-2H3,(H,19,21). The van der Waals surface area contributed by atoms with E-state index in [1.807, 2.05) is 12.1 Å². The monoisotopic (exact) mass is 376 g/mol. The number of carbonyl (C=O) groups is 1. The van der Waals surface area contributed by atoms with Gasteiger partial charge in [0.25, 0.3) is 5.91 Å². The van der Waals surface area contributed by atoms with Crippen LogP contribution < -0.4 is 10.1 Å². The summed E-state index contributed by atoms with van der Waals surface area (Å²) >= 11 is 0. The predicted molar refractivity (Wildman–Crippen MR) is 94.4 cm³/mol. The molecule has 1 amide bonds. The first-order chi connectivity index (χ1) is 12.3. The second kappa shape index (κ2) is 6.14. The predicted octanol–water partition coefficient (Wildman–Crippen LogP) is 2.55. The zero-order valence-electron chi connectivity index (χ0n) is 14.6. The number of sulfonamides is 1. The Morgan fingerprint density at radius 1 is 1.27 bits per heavy atom. The number of benzene rings is 1. The molecule has 1 saturated carbocycles. The summed E-state index contributed by atoms with van der Waals surface area (Å²) in [5, 5.41) is 2.62. The van der Waals surface area contributed by atoms with Crippen LogP contribution >= 0.6 is 0 Å². The molecule has 138 valence electrons. The number of furan rings is 1. The Labute approximate surface area is 152 Å². The number of hydrogen-bond donors (Lipinski definition) is 1. The fraction of sp³-hybridized carbons (Fsp3) is 0.389. The lowest BCUT2D eigenvalue weighted by Crippen LogP contribution is -2.28. The van der Waals surface area contributed by atoms with Gasteiger partial charge in [0.15, 0.2) is 6.61 Å². The molecule has 1 aromatic heterocycles. The first kappa shape index (κ1) is 17.1. The minimum absolute atomic E-state index is 0.0700. The minimum atomic E-state index is -3.73. The first-order valence-corrected chi connectivity index (χ1v) is 9.90. The fourth-order valence-corrected chi connectivity index (χ4v) is 4.27. The van der Waals surface area contributed by atoms with Crippen LogP contribution in [0.2, 0.25) is 0 Å². The summed E-state index contributed by atoms with van der Waals surface area (Å²) in [5.41, 5.74) is 0.360. The molecule has 1 aliphatic carbocycles. The van der Waals surface area contributed by atoms with Gasteiger partial charge in [-0.2, -0.15) is 4.31 Å². The largest absolute Gasteiger partial charge is 0.482 e. The molecule has 7 nitrogen and oxygen atoms in total. The molecule has 2 aliphatic rings. The fourth-order valence-electron chi connectivity index (χ4n) is 3.10. The summed E-state index contributed by atoms with van der Waals surface area (Å²) in [5.74, 6) is 2.77. The van der Waals surface area contributed by atoms with Crippen LogP contribution in [0.5, 0.6) is 5.75 Å². The van der Waals surface area contributed by atoms with Crippen molar-refractivity contribution in [2.24, 2.45) is 5.92 Å². The summed E-state index contributed by atoms with van der Waals surface area (Å²) in [6.07, 6.45) is 1.12. The average Bonchev–Trinajstić information content (AvgIpc) is 3.15. The molecule has 2 heterocycles. The third-order valence-electron chi connectivity index (χ3n) is 4.83. The molecule has 2 aromatic rings. The molecule has 26 heavy (non-hydrogen) atoms. The Morgan fingerprint density at radius 3 is 2.77 bits per heavy atom. The summed E-state index contributed by atoms with van der Waals surface area (Å²) in [7, 11) is -2.22. The SMILES string of the molecule is CC1CC1c1ccc(CN(C)S(=O)(=O)c2ccc3c(c2)NC(=O)CO3)o1. The molecule has 0 bridgehead atoms. The number of ether oxygens (including phenoxy) is 1. The number of carbonyl (C=O) groups excluding carboxylic acids is 1. The normalized spacial score (nSPS) is 21.9. The van der Waals surface area contributed by atoms with E-state index in [1.54, 1.807) is 6.07 Å². The van der Waals surface area contributed by atoms with Crippen molar-refractivity contribution < 1.29 is 22.4 Å². The van der Waals surface area contributed by atoms with Gasteiger partial charge >= 0.3 is 0 Å². The van der Waals surface area contributed by atoms with E-state index in [4.69, 9.17) is 9.15 Å². The van der Waals surface area contributed by atoms with Gasteiger partial charge in [0.05, 0.1) is 17.1 Å². The second-order valence-corrected chi connectivity index (χ2v) is 8.92. The van der Waals surface area contributed by atoms with Crippen molar-refractivity contribution in [2.45, 2.75) is 30.7 Å². The van der Waals surface area contributed by atoms with Gasteiger partial charge in [-0.25, -0.2) is 8.42 Å². The number of nitrogens with one attached hydrogen (secondary N) is 1. The molecule has 1 N–H and O–H groups in total. The van der Waals surface area contributed by atoms with Crippen LogP contribution in [-0.4, -0.2) is 32.3 Å². The highest BCUT2D eigenvalue weighted by atomic mass is 32.2. The number of fused-ring (bicyclic) bond motifs is 1. The maximum absolute atomic E-state index is 12.8. The lowest BCUT2D eigenvalue weighted by atomic mass is 10.2. The number of hydrogen-bond acceptors (Lipinski definition) is 5. The molecule has 1 aromatic carbocycles. The van der Waals surface area contributed by atoms with Gasteiger partial charge in [0.1, 0.15) is 17.3 Å². The molecular weight excluding hydrogens is 356 g/mol. The summed E-state index contributed by atoms with van der Waals surface area (Å²) in [4.78, 5) is 11.5. The lowest BCUT2D eigenvalue weighted by molar-refractivity contribution is -0.118. The highest BCUT2D eigenvalue weighted by Gasteiger charge is 2.36. The van der Waals surface area contributed by atoms with E-state index in [9.17, 15) is 13.2 Å². The van der Waals surface area contributed by atoms with Gasteiger partial charge in [-0.1, -0.05) is 6.92 Å². The Kier molecular flexibility index (Phi) is 4.04. The van der Waals surface area contributed by atoms with Gasteiger partial charge in [-0.05, 0) is 42.7 Å². The second-order valence-electron chi connectivity index (χ2n) is 6.88. The summed E-state index contributed by atoms with van der Waals surface area (Å²) < 4.78 is 38.0. The number of nitrogens with zero attached hydrogens (tertiary/aromatic N) is 1. The van der Waals surface area contributed by atoms with Crippen LogP contribution in [-0.2, 0) is 21.4 Å². The number of amides is 1. The Morgan fingerprint density at radius 2 is 2.04 bits per heavy atom. The van der Waals surface area contributed by atoms with Crippen molar-refractivity contribution in [3.8, 4) is 5.75 Å². The highest BCUT2D eigenvalue weighted by molar-refractivity contribution is 7.89. The average molecular weight is 376 g/mol. The lowest BCUT2D eigenvalue weighted by Gasteiger charge is -2.20. The molecule has 4 rings (SSSR count). The van der Waals surface area contributed by atoms with Crippen LogP contribution in [0.4, 0.5) is 5.69 Å². The first-order valence-electron chi connectivity index (χ1n) is 8.46. The molecule has 1 aliphatic heterocycles. The van der Waals surface area contributed by atoms with Gasteiger partial charge < -0.3 is 14.5 Å². The van der Waals surface area contributed by atoms with Crippen molar-refractivity contribution >= 4 is 21.6 Å². The van der Waals surface area contributed by atoms with Crippen LogP contribution in [0.1, 0.15) is 30.8 Å². The molecule has 8 heteroatoms. The molecule has 0 spiro atoms. The Balaban J connectivity index is 1.53. The van der Waals surface area contributed by atoms with Crippen molar-refractivity contribution in [1.29, 1.82) is 0 Å². The molecule has 0 radical (unpaired) electrons. The van der Waals surface area contributed by atoms with Crippen LogP contribution in [0, 0.1) is 5.92 Å². The van der Waals surface area contributed by atoms with E-state index < -0.39 is 10.0 Å². The molecule has 2 atom stereocenters. The zero-order chi connectivity index (χ0) is 18.5. The Bertz CT molecular complexity index is 966. The van der Waals surface area contributed by atoms with Crippen molar-refractivity contribution in [2.75, 3.05) is 19.0 Å². The van der Waals surface area contributed by atoms with Gasteiger partial charge in [0, 0.05) is 13.0 Å². The van der Waals surface area contributed by atoms with Gasteiger partial charge in [-0.3, -0.25) is 4.79 Å². The van der Waals surface area contributed by atoms with Crippen LogP contribution in [0.25, 0.3) is 0 Å². The van der Waals surface area contributed by atoms with Gasteiger partial charge in [-0.15, -0.1) is 0 Å². The van der Waals surface area contributed by atoms with E-state index in [0.717, 1.165) is 12.2 Å². The van der Waals surface area contributed by atoms with E-state index in [0.29, 0.717) is 29.0 Å². The third-order valence-corrected chi connectivity index (χ3v) is 6.63. The maximum Gasteiger partial charge on any atom is 0.262 e. The minimum Gasteiger partial charge on any atom is -0.482 e. The molecular formula is C18H20N2O5S. The van der Waals surface area contributed by atoms with Crippen LogP contribution in [0.3, 0.4) is 0 Å². The van der Waals surface area contributed by atoms with E-state index in [2.05, 4.69) is 12.2 Å². The maximum atomic E-state index is 12.8. The van der Waals surface area contributed by atoms with E-state index in [-0.39, 0.29) is 24.0 Å². The van der Waals surface area contributed by atoms with Crippen molar-refractivity contribution in [1.82, 2.24) is 4.31 Å². The zero-order valence-corrected chi connectivity index (χ0v) is 15.4. The smallest absolute Gasteiger partial charge is 0.262 e. The van der Waals surface area contributed by atoms with Crippen molar-refractivity contribution in [3.05, 3.63) is 41.9 Å². The number of rotatable bonds is 5. The van der Waals surface area contributed by atoms with Crippen LogP contribution in [0.15, 0.2) is 39.6 Å². The molecule has 0 saturated heterocycles.